The van der Waals surface area contributed by atoms with Gasteiger partial charge in [-0.15, -0.1) is 0 Å². The molecule has 1 aliphatic rings. The van der Waals surface area contributed by atoms with Crippen molar-refractivity contribution in [1.82, 2.24) is 10.6 Å². The number of ether oxygens (including phenoxy) is 1. The Morgan fingerprint density at radius 1 is 1.27 bits per heavy atom. The molecule has 1 aromatic rings. The van der Waals surface area contributed by atoms with Crippen LogP contribution in [0.25, 0.3) is 0 Å². The molecule has 2 N–H and O–H groups in total. The fourth-order valence-electron chi connectivity index (χ4n) is 2.85. The van der Waals surface area contributed by atoms with Gasteiger partial charge in [0.05, 0.1) is 12.3 Å². The number of rotatable bonds is 4. The molecule has 1 saturated carbocycles. The Hall–Kier alpha value is -1.49. The van der Waals surface area contributed by atoms with Crippen molar-refractivity contribution in [3.63, 3.8) is 0 Å². The van der Waals surface area contributed by atoms with Gasteiger partial charge in [-0.2, -0.15) is 0 Å². The summed E-state index contributed by atoms with van der Waals surface area (Å²) in [6, 6.07) is 4.81. The van der Waals surface area contributed by atoms with Crippen molar-refractivity contribution in [2.24, 2.45) is 0 Å². The number of nitrogens with one attached hydrogen (secondary N) is 2. The first kappa shape index (κ1) is 16.9. The standard InChI is InChI=1S/C17H28N2O3/c1-12(15-6-5-11-21-15)18-13-7-9-14(10-8-13)19-16(20)22-17(2,3)4/h5-6,11-14,18H,7-10H2,1-4H3,(H,19,20)/t12-,13?,14?/m1/s1. The molecule has 1 amide bonds. The highest BCUT2D eigenvalue weighted by Crippen LogP contribution is 2.22. The van der Waals surface area contributed by atoms with Gasteiger partial charge in [0.15, 0.2) is 0 Å². The molecule has 124 valence electrons. The second-order valence-corrected chi connectivity index (χ2v) is 7.10. The summed E-state index contributed by atoms with van der Waals surface area (Å²) >= 11 is 0. The second-order valence-electron chi connectivity index (χ2n) is 7.10. The van der Waals surface area contributed by atoms with E-state index in [-0.39, 0.29) is 18.2 Å². The van der Waals surface area contributed by atoms with Gasteiger partial charge >= 0.3 is 6.09 Å². The van der Waals surface area contributed by atoms with Crippen molar-refractivity contribution in [3.8, 4) is 0 Å². The molecule has 0 radical (unpaired) electrons. The Kier molecular flexibility index (Phi) is 5.51. The number of alkyl carbamates (subject to hydrolysis) is 1. The predicted molar refractivity (Wildman–Crippen MR) is 85.7 cm³/mol. The maximum atomic E-state index is 11.8. The molecular weight excluding hydrogens is 280 g/mol. The van der Waals surface area contributed by atoms with Gasteiger partial charge in [0.25, 0.3) is 0 Å². The maximum Gasteiger partial charge on any atom is 0.407 e. The van der Waals surface area contributed by atoms with E-state index < -0.39 is 5.60 Å². The summed E-state index contributed by atoms with van der Waals surface area (Å²) in [6.07, 6.45) is 5.43. The van der Waals surface area contributed by atoms with E-state index in [2.05, 4.69) is 17.6 Å². The predicted octanol–water partition coefficient (Wildman–Crippen LogP) is 3.77. The number of furan rings is 1. The van der Waals surface area contributed by atoms with Crippen molar-refractivity contribution in [1.29, 1.82) is 0 Å². The van der Waals surface area contributed by atoms with Crippen LogP contribution in [0.3, 0.4) is 0 Å². The number of carbonyl (C=O) groups is 1. The molecule has 0 unspecified atom stereocenters. The molecule has 0 aliphatic heterocycles. The minimum absolute atomic E-state index is 0.215. The Labute approximate surface area is 132 Å². The Morgan fingerprint density at radius 2 is 1.91 bits per heavy atom. The highest BCUT2D eigenvalue weighted by Gasteiger charge is 2.25. The van der Waals surface area contributed by atoms with E-state index in [0.29, 0.717) is 6.04 Å². The molecular formula is C17H28N2O3. The molecule has 0 aromatic carbocycles. The number of hydrogen-bond acceptors (Lipinski definition) is 4. The van der Waals surface area contributed by atoms with Gasteiger partial charge in [-0.05, 0) is 65.5 Å². The van der Waals surface area contributed by atoms with E-state index in [1.807, 2.05) is 32.9 Å². The van der Waals surface area contributed by atoms with E-state index in [1.54, 1.807) is 6.26 Å². The van der Waals surface area contributed by atoms with Gasteiger partial charge in [-0.25, -0.2) is 4.79 Å². The lowest BCUT2D eigenvalue weighted by Crippen LogP contribution is -2.44. The van der Waals surface area contributed by atoms with Gasteiger partial charge in [-0.3, -0.25) is 0 Å². The van der Waals surface area contributed by atoms with Gasteiger partial charge in [0, 0.05) is 12.1 Å². The Bertz CT molecular complexity index is 457. The summed E-state index contributed by atoms with van der Waals surface area (Å²) < 4.78 is 10.7. The topological polar surface area (TPSA) is 63.5 Å². The van der Waals surface area contributed by atoms with Crippen molar-refractivity contribution in [3.05, 3.63) is 24.2 Å². The largest absolute Gasteiger partial charge is 0.468 e. The average molecular weight is 308 g/mol. The van der Waals surface area contributed by atoms with E-state index in [0.717, 1.165) is 31.4 Å². The minimum atomic E-state index is -0.443. The van der Waals surface area contributed by atoms with Crippen LogP contribution in [0.1, 0.15) is 65.2 Å². The molecule has 0 spiro atoms. The Morgan fingerprint density at radius 3 is 2.45 bits per heavy atom. The molecule has 0 bridgehead atoms. The molecule has 5 heteroatoms. The molecule has 2 rings (SSSR count). The van der Waals surface area contributed by atoms with Gasteiger partial charge in [-0.1, -0.05) is 0 Å². The third-order valence-corrected chi connectivity index (χ3v) is 3.90. The van der Waals surface area contributed by atoms with Crippen molar-refractivity contribution >= 4 is 6.09 Å². The zero-order valence-corrected chi connectivity index (χ0v) is 14.0. The smallest absolute Gasteiger partial charge is 0.407 e. The van der Waals surface area contributed by atoms with Crippen LogP contribution in [0.5, 0.6) is 0 Å². The molecule has 1 atom stereocenters. The zero-order chi connectivity index (χ0) is 16.2. The van der Waals surface area contributed by atoms with Crippen molar-refractivity contribution in [2.75, 3.05) is 0 Å². The van der Waals surface area contributed by atoms with Gasteiger partial charge < -0.3 is 19.8 Å². The van der Waals surface area contributed by atoms with Crippen LogP contribution in [0.4, 0.5) is 4.79 Å². The quantitative estimate of drug-likeness (QED) is 0.889. The lowest BCUT2D eigenvalue weighted by molar-refractivity contribution is 0.0489. The van der Waals surface area contributed by atoms with Crippen LogP contribution in [0, 0.1) is 0 Å². The molecule has 1 fully saturated rings. The van der Waals surface area contributed by atoms with E-state index in [9.17, 15) is 4.79 Å². The van der Waals surface area contributed by atoms with Gasteiger partial charge in [0.2, 0.25) is 0 Å². The maximum absolute atomic E-state index is 11.8. The summed E-state index contributed by atoms with van der Waals surface area (Å²) in [6.45, 7) is 7.75. The number of hydrogen-bond donors (Lipinski definition) is 2. The molecule has 1 aliphatic carbocycles. The van der Waals surface area contributed by atoms with Crippen LogP contribution in [-0.4, -0.2) is 23.8 Å². The zero-order valence-electron chi connectivity index (χ0n) is 14.0. The lowest BCUT2D eigenvalue weighted by atomic mass is 9.90. The highest BCUT2D eigenvalue weighted by atomic mass is 16.6. The Balaban J connectivity index is 1.70. The lowest BCUT2D eigenvalue weighted by Gasteiger charge is -2.31. The SMILES string of the molecule is C[C@@H](NC1CCC(NC(=O)OC(C)(C)C)CC1)c1ccco1. The normalized spacial score (nSPS) is 23.8. The van der Waals surface area contributed by atoms with E-state index in [4.69, 9.17) is 9.15 Å². The summed E-state index contributed by atoms with van der Waals surface area (Å²) in [5, 5.41) is 6.56. The first-order valence-electron chi connectivity index (χ1n) is 8.12. The first-order valence-corrected chi connectivity index (χ1v) is 8.12. The van der Waals surface area contributed by atoms with Crippen LogP contribution in [0.2, 0.25) is 0 Å². The molecule has 22 heavy (non-hydrogen) atoms. The summed E-state index contributed by atoms with van der Waals surface area (Å²) in [4.78, 5) is 11.8. The van der Waals surface area contributed by atoms with Crippen LogP contribution in [0.15, 0.2) is 22.8 Å². The molecule has 1 aromatic heterocycles. The number of carbonyl (C=O) groups excluding carboxylic acids is 1. The minimum Gasteiger partial charge on any atom is -0.468 e. The monoisotopic (exact) mass is 308 g/mol. The summed E-state index contributed by atoms with van der Waals surface area (Å²) in [7, 11) is 0. The summed E-state index contributed by atoms with van der Waals surface area (Å²) in [5.74, 6) is 0.967. The third-order valence-electron chi connectivity index (χ3n) is 3.90. The van der Waals surface area contributed by atoms with Crippen LogP contribution in [-0.2, 0) is 4.74 Å². The average Bonchev–Trinajstić information content (AvgIpc) is 2.92. The number of amides is 1. The van der Waals surface area contributed by atoms with Crippen LogP contribution >= 0.6 is 0 Å². The second kappa shape index (κ2) is 7.18. The molecule has 0 saturated heterocycles. The van der Waals surface area contributed by atoms with Gasteiger partial charge in [0.1, 0.15) is 11.4 Å². The van der Waals surface area contributed by atoms with E-state index >= 15 is 0 Å². The summed E-state index contributed by atoms with van der Waals surface area (Å²) in [5.41, 5.74) is -0.443. The van der Waals surface area contributed by atoms with Crippen molar-refractivity contribution in [2.45, 2.75) is 77.1 Å². The fourth-order valence-corrected chi connectivity index (χ4v) is 2.85. The molecule has 1 heterocycles. The highest BCUT2D eigenvalue weighted by molar-refractivity contribution is 5.68. The third kappa shape index (κ3) is 5.37. The fraction of sp³-hybridized carbons (Fsp3) is 0.706. The van der Waals surface area contributed by atoms with E-state index in [1.165, 1.54) is 0 Å². The first-order chi connectivity index (χ1) is 10.3. The van der Waals surface area contributed by atoms with Crippen molar-refractivity contribution < 1.29 is 13.9 Å². The molecule has 5 nitrogen and oxygen atoms in total. The van der Waals surface area contributed by atoms with Crippen LogP contribution < -0.4 is 10.6 Å².